The normalized spacial score (nSPS) is 20.5. The average Bonchev–Trinajstić information content (AvgIpc) is 2.55. The second-order valence-electron chi connectivity index (χ2n) is 4.19. The van der Waals surface area contributed by atoms with Gasteiger partial charge in [-0.2, -0.15) is 0 Å². The van der Waals surface area contributed by atoms with Gasteiger partial charge < -0.3 is 9.30 Å². The fourth-order valence-corrected chi connectivity index (χ4v) is 2.66. The van der Waals surface area contributed by atoms with E-state index in [-0.39, 0.29) is 6.10 Å². The Kier molecular flexibility index (Phi) is 1.86. The zero-order valence-corrected chi connectivity index (χ0v) is 9.16. The van der Waals surface area contributed by atoms with E-state index in [1.807, 2.05) is 0 Å². The van der Waals surface area contributed by atoms with Crippen molar-refractivity contribution in [2.45, 2.75) is 26.5 Å². The van der Waals surface area contributed by atoms with Gasteiger partial charge in [-0.15, -0.1) is 0 Å². The predicted molar refractivity (Wildman–Crippen MR) is 61.0 cm³/mol. The van der Waals surface area contributed by atoms with E-state index in [9.17, 15) is 0 Å². The third kappa shape index (κ3) is 1.15. The minimum atomic E-state index is 0.228. The van der Waals surface area contributed by atoms with E-state index in [0.29, 0.717) is 0 Å². The van der Waals surface area contributed by atoms with Crippen molar-refractivity contribution in [3.63, 3.8) is 0 Å². The average molecular weight is 201 g/mol. The van der Waals surface area contributed by atoms with Gasteiger partial charge in [-0.3, -0.25) is 0 Å². The minimum Gasteiger partial charge on any atom is -0.370 e. The maximum atomic E-state index is 5.69. The van der Waals surface area contributed by atoms with E-state index >= 15 is 0 Å². The molecule has 15 heavy (non-hydrogen) atoms. The Bertz CT molecular complexity index is 512. The van der Waals surface area contributed by atoms with Gasteiger partial charge in [-0.05, 0) is 25.5 Å². The monoisotopic (exact) mass is 201 g/mol. The highest BCUT2D eigenvalue weighted by Crippen LogP contribution is 2.33. The molecule has 1 unspecified atom stereocenters. The molecule has 2 aromatic rings. The van der Waals surface area contributed by atoms with Crippen molar-refractivity contribution in [2.24, 2.45) is 0 Å². The van der Waals surface area contributed by atoms with E-state index in [4.69, 9.17) is 4.74 Å². The number of hydrogen-bond acceptors (Lipinski definition) is 1. The molecule has 1 atom stereocenters. The van der Waals surface area contributed by atoms with Crippen molar-refractivity contribution in [3.05, 3.63) is 35.5 Å². The molecule has 2 heterocycles. The Labute approximate surface area is 89.5 Å². The molecule has 0 fully saturated rings. The fraction of sp³-hybridized carbons (Fsp3) is 0.385. The van der Waals surface area contributed by atoms with Crippen LogP contribution in [0.4, 0.5) is 0 Å². The predicted octanol–water partition coefficient (Wildman–Crippen LogP) is 3.04. The summed E-state index contributed by atoms with van der Waals surface area (Å²) in [6.45, 7) is 6.14. The molecule has 0 saturated heterocycles. The highest BCUT2D eigenvalue weighted by molar-refractivity contribution is 5.85. The summed E-state index contributed by atoms with van der Waals surface area (Å²) in [5.41, 5.74) is 4.07. The lowest BCUT2D eigenvalue weighted by molar-refractivity contribution is 0.0336. The molecule has 2 nitrogen and oxygen atoms in total. The highest BCUT2D eigenvalue weighted by Gasteiger charge is 2.22. The van der Waals surface area contributed by atoms with Gasteiger partial charge in [-0.25, -0.2) is 0 Å². The lowest BCUT2D eigenvalue weighted by Gasteiger charge is -2.23. The number of benzene rings is 1. The van der Waals surface area contributed by atoms with E-state index < -0.39 is 0 Å². The molecule has 0 radical (unpaired) electrons. The summed E-state index contributed by atoms with van der Waals surface area (Å²) < 4.78 is 8.10. The molecular formula is C13H15NO. The molecule has 3 rings (SSSR count). The lowest BCUT2D eigenvalue weighted by Crippen LogP contribution is -2.19. The SMILES string of the molecule is Cc1c2n(c3ccccc13)CCOC2C. The molecule has 1 aromatic carbocycles. The zero-order valence-electron chi connectivity index (χ0n) is 9.16. The van der Waals surface area contributed by atoms with Gasteiger partial charge in [0, 0.05) is 17.4 Å². The number of para-hydroxylation sites is 1. The maximum absolute atomic E-state index is 5.69. The topological polar surface area (TPSA) is 14.2 Å². The molecule has 1 aliphatic heterocycles. The van der Waals surface area contributed by atoms with Crippen molar-refractivity contribution in [1.29, 1.82) is 0 Å². The van der Waals surface area contributed by atoms with Gasteiger partial charge in [0.25, 0.3) is 0 Å². The van der Waals surface area contributed by atoms with E-state index in [2.05, 4.69) is 42.7 Å². The van der Waals surface area contributed by atoms with Crippen LogP contribution < -0.4 is 0 Å². The number of nitrogens with zero attached hydrogens (tertiary/aromatic N) is 1. The molecule has 78 valence electrons. The molecule has 1 aromatic heterocycles. The Balaban J connectivity index is 2.40. The van der Waals surface area contributed by atoms with Gasteiger partial charge in [0.2, 0.25) is 0 Å². The largest absolute Gasteiger partial charge is 0.370 e. The molecular weight excluding hydrogens is 186 g/mol. The summed E-state index contributed by atoms with van der Waals surface area (Å²) >= 11 is 0. The molecule has 0 aliphatic carbocycles. The van der Waals surface area contributed by atoms with Crippen molar-refractivity contribution < 1.29 is 4.74 Å². The molecule has 1 aliphatic rings. The Hall–Kier alpha value is -1.28. The molecule has 2 heteroatoms. The maximum Gasteiger partial charge on any atom is 0.0950 e. The van der Waals surface area contributed by atoms with Crippen LogP contribution in [0.5, 0.6) is 0 Å². The number of aromatic nitrogens is 1. The number of rotatable bonds is 0. The Morgan fingerprint density at radius 3 is 3.00 bits per heavy atom. The Morgan fingerprint density at radius 2 is 2.13 bits per heavy atom. The Morgan fingerprint density at radius 1 is 1.33 bits per heavy atom. The van der Waals surface area contributed by atoms with Crippen molar-refractivity contribution in [1.82, 2.24) is 4.57 Å². The molecule has 0 amide bonds. The molecule has 0 spiro atoms. The summed E-state index contributed by atoms with van der Waals surface area (Å²) in [5, 5.41) is 1.37. The number of aryl methyl sites for hydroxylation is 1. The van der Waals surface area contributed by atoms with Crippen LogP contribution in [0.25, 0.3) is 10.9 Å². The van der Waals surface area contributed by atoms with Gasteiger partial charge in [-0.1, -0.05) is 18.2 Å². The van der Waals surface area contributed by atoms with Gasteiger partial charge >= 0.3 is 0 Å². The van der Waals surface area contributed by atoms with Crippen LogP contribution in [-0.4, -0.2) is 11.2 Å². The first-order valence-electron chi connectivity index (χ1n) is 5.48. The van der Waals surface area contributed by atoms with E-state index in [0.717, 1.165) is 13.2 Å². The first-order valence-corrected chi connectivity index (χ1v) is 5.48. The summed E-state index contributed by atoms with van der Waals surface area (Å²) in [5.74, 6) is 0. The molecule has 0 bridgehead atoms. The van der Waals surface area contributed by atoms with Crippen molar-refractivity contribution >= 4 is 10.9 Å². The second-order valence-corrected chi connectivity index (χ2v) is 4.19. The first-order chi connectivity index (χ1) is 7.29. The van der Waals surface area contributed by atoms with Gasteiger partial charge in [0.15, 0.2) is 0 Å². The summed E-state index contributed by atoms with van der Waals surface area (Å²) in [4.78, 5) is 0. The summed E-state index contributed by atoms with van der Waals surface area (Å²) in [6.07, 6.45) is 0.228. The second kappa shape index (κ2) is 3.11. The fourth-order valence-electron chi connectivity index (χ4n) is 2.66. The lowest BCUT2D eigenvalue weighted by atomic mass is 10.1. The number of hydrogen-bond donors (Lipinski definition) is 0. The van der Waals surface area contributed by atoms with Crippen LogP contribution in [0.3, 0.4) is 0 Å². The van der Waals surface area contributed by atoms with E-state index in [1.54, 1.807) is 0 Å². The minimum absolute atomic E-state index is 0.228. The zero-order chi connectivity index (χ0) is 10.4. The summed E-state index contributed by atoms with van der Waals surface area (Å²) in [6, 6.07) is 8.61. The smallest absolute Gasteiger partial charge is 0.0950 e. The highest BCUT2D eigenvalue weighted by atomic mass is 16.5. The summed E-state index contributed by atoms with van der Waals surface area (Å²) in [7, 11) is 0. The van der Waals surface area contributed by atoms with Crippen molar-refractivity contribution in [2.75, 3.05) is 6.61 Å². The standard InChI is InChI=1S/C13H15NO/c1-9-11-5-3-4-6-12(11)14-7-8-15-10(2)13(9)14/h3-6,10H,7-8H2,1-2H3. The van der Waals surface area contributed by atoms with Gasteiger partial charge in [0.05, 0.1) is 18.4 Å². The first kappa shape index (κ1) is 8.98. The van der Waals surface area contributed by atoms with E-state index in [1.165, 1.54) is 22.2 Å². The van der Waals surface area contributed by atoms with Crippen LogP contribution in [0.15, 0.2) is 24.3 Å². The number of ether oxygens (including phenoxy) is 1. The van der Waals surface area contributed by atoms with Crippen LogP contribution in [0.2, 0.25) is 0 Å². The number of fused-ring (bicyclic) bond motifs is 3. The third-order valence-electron chi connectivity index (χ3n) is 3.34. The van der Waals surface area contributed by atoms with Crippen molar-refractivity contribution in [3.8, 4) is 0 Å². The van der Waals surface area contributed by atoms with Crippen LogP contribution in [0, 0.1) is 6.92 Å². The van der Waals surface area contributed by atoms with Gasteiger partial charge in [0.1, 0.15) is 0 Å². The quantitative estimate of drug-likeness (QED) is 0.639. The van der Waals surface area contributed by atoms with Crippen LogP contribution in [-0.2, 0) is 11.3 Å². The van der Waals surface area contributed by atoms with Crippen LogP contribution in [0.1, 0.15) is 24.3 Å². The molecule has 0 saturated carbocycles. The third-order valence-corrected chi connectivity index (χ3v) is 3.34. The molecule has 0 N–H and O–H groups in total. The van der Waals surface area contributed by atoms with Crippen LogP contribution >= 0.6 is 0 Å².